The Bertz CT molecular complexity index is 863. The van der Waals surface area contributed by atoms with Crippen molar-refractivity contribution in [1.82, 2.24) is 5.32 Å². The van der Waals surface area contributed by atoms with E-state index in [0.29, 0.717) is 24.6 Å². The molecular weight excluding hydrogens is 374 g/mol. The lowest BCUT2D eigenvalue weighted by atomic mass is 10.0. The van der Waals surface area contributed by atoms with Gasteiger partial charge in [0.15, 0.2) is 15.9 Å². The summed E-state index contributed by atoms with van der Waals surface area (Å²) in [5.41, 5.74) is 1.92. The maximum atomic E-state index is 12.2. The first-order chi connectivity index (χ1) is 13.3. The number of hydrogen-bond acceptors (Lipinski definition) is 4. The Labute approximate surface area is 168 Å². The predicted molar refractivity (Wildman–Crippen MR) is 112 cm³/mol. The van der Waals surface area contributed by atoms with E-state index in [2.05, 4.69) is 19.2 Å². The van der Waals surface area contributed by atoms with Crippen molar-refractivity contribution < 1.29 is 17.9 Å². The fourth-order valence-electron chi connectivity index (χ4n) is 2.75. The Morgan fingerprint density at radius 1 is 1.04 bits per heavy atom. The summed E-state index contributed by atoms with van der Waals surface area (Å²) in [6.45, 7) is 6.18. The van der Waals surface area contributed by atoms with Crippen LogP contribution in [0.5, 0.6) is 5.75 Å². The SMILES string of the molecule is CC(Oc1cccc(C(C)C)c1)C(=O)NCCCS(=O)(=O)Cc1ccccc1. The number of ether oxygens (including phenoxy) is 1. The molecule has 0 aliphatic rings. The molecule has 0 spiro atoms. The smallest absolute Gasteiger partial charge is 0.260 e. The molecule has 0 bridgehead atoms. The zero-order valence-corrected chi connectivity index (χ0v) is 17.5. The molecule has 2 rings (SSSR count). The van der Waals surface area contributed by atoms with Gasteiger partial charge in [-0.25, -0.2) is 8.42 Å². The van der Waals surface area contributed by atoms with Crippen LogP contribution in [-0.4, -0.2) is 32.7 Å². The molecule has 0 heterocycles. The van der Waals surface area contributed by atoms with Crippen LogP contribution in [0.25, 0.3) is 0 Å². The van der Waals surface area contributed by atoms with Crippen molar-refractivity contribution in [1.29, 1.82) is 0 Å². The molecule has 28 heavy (non-hydrogen) atoms. The maximum Gasteiger partial charge on any atom is 0.260 e. The van der Waals surface area contributed by atoms with E-state index in [1.807, 2.05) is 42.5 Å². The molecule has 0 radical (unpaired) electrons. The van der Waals surface area contributed by atoms with Gasteiger partial charge in [-0.1, -0.05) is 56.3 Å². The number of benzene rings is 2. The van der Waals surface area contributed by atoms with Crippen molar-refractivity contribution in [3.63, 3.8) is 0 Å². The molecule has 0 aliphatic carbocycles. The topological polar surface area (TPSA) is 72.5 Å². The van der Waals surface area contributed by atoms with Gasteiger partial charge in [0.2, 0.25) is 0 Å². The summed E-state index contributed by atoms with van der Waals surface area (Å²) in [6.07, 6.45) is -0.278. The van der Waals surface area contributed by atoms with Crippen LogP contribution >= 0.6 is 0 Å². The zero-order valence-electron chi connectivity index (χ0n) is 16.7. The number of carbonyl (C=O) groups excluding carboxylic acids is 1. The van der Waals surface area contributed by atoms with Gasteiger partial charge in [-0.15, -0.1) is 0 Å². The molecule has 0 fully saturated rings. The first-order valence-corrected chi connectivity index (χ1v) is 11.4. The van der Waals surface area contributed by atoms with Crippen molar-refractivity contribution in [2.75, 3.05) is 12.3 Å². The lowest BCUT2D eigenvalue weighted by Crippen LogP contribution is -2.37. The standard InChI is InChI=1S/C22H29NO4S/c1-17(2)20-11-7-12-21(15-20)27-18(3)22(24)23-13-8-14-28(25,26)16-19-9-5-4-6-10-19/h4-7,9-12,15,17-18H,8,13-14,16H2,1-3H3,(H,23,24). The van der Waals surface area contributed by atoms with E-state index < -0.39 is 15.9 Å². The second kappa shape index (κ2) is 10.3. The highest BCUT2D eigenvalue weighted by Gasteiger charge is 2.16. The molecular formula is C22H29NO4S. The van der Waals surface area contributed by atoms with Gasteiger partial charge in [0, 0.05) is 6.54 Å². The Balaban J connectivity index is 1.75. The van der Waals surface area contributed by atoms with E-state index >= 15 is 0 Å². The summed E-state index contributed by atoms with van der Waals surface area (Å²) in [6, 6.07) is 16.8. The molecule has 2 aromatic carbocycles. The van der Waals surface area contributed by atoms with Crippen molar-refractivity contribution in [2.45, 2.75) is 45.0 Å². The molecule has 0 aliphatic heterocycles. The third-order valence-electron chi connectivity index (χ3n) is 4.37. The molecule has 1 N–H and O–H groups in total. The Kier molecular flexibility index (Phi) is 8.05. The molecule has 1 unspecified atom stereocenters. The van der Waals surface area contributed by atoms with Gasteiger partial charge in [0.1, 0.15) is 5.75 Å². The summed E-state index contributed by atoms with van der Waals surface area (Å²) < 4.78 is 30.1. The number of hydrogen-bond donors (Lipinski definition) is 1. The van der Waals surface area contributed by atoms with Crippen molar-refractivity contribution >= 4 is 15.7 Å². The Morgan fingerprint density at radius 2 is 1.75 bits per heavy atom. The van der Waals surface area contributed by atoms with E-state index in [-0.39, 0.29) is 17.4 Å². The first-order valence-electron chi connectivity index (χ1n) is 9.55. The molecule has 0 aromatic heterocycles. The minimum absolute atomic E-state index is 0.0213. The molecule has 0 saturated carbocycles. The summed E-state index contributed by atoms with van der Waals surface area (Å²) in [4.78, 5) is 12.2. The van der Waals surface area contributed by atoms with Gasteiger partial charge in [0.05, 0.1) is 11.5 Å². The van der Waals surface area contributed by atoms with Crippen LogP contribution in [0.15, 0.2) is 54.6 Å². The zero-order chi connectivity index (χ0) is 20.6. The molecule has 0 saturated heterocycles. The third kappa shape index (κ3) is 7.35. The van der Waals surface area contributed by atoms with Crippen molar-refractivity contribution in [3.05, 3.63) is 65.7 Å². The highest BCUT2D eigenvalue weighted by atomic mass is 32.2. The largest absolute Gasteiger partial charge is 0.481 e. The van der Waals surface area contributed by atoms with Crippen LogP contribution in [0, 0.1) is 0 Å². The normalized spacial score (nSPS) is 12.6. The van der Waals surface area contributed by atoms with Gasteiger partial charge < -0.3 is 10.1 Å². The van der Waals surface area contributed by atoms with E-state index in [4.69, 9.17) is 4.74 Å². The van der Waals surface area contributed by atoms with Gasteiger partial charge in [-0.3, -0.25) is 4.79 Å². The van der Waals surface area contributed by atoms with E-state index in [9.17, 15) is 13.2 Å². The van der Waals surface area contributed by atoms with E-state index in [1.165, 1.54) is 0 Å². The number of carbonyl (C=O) groups is 1. The fraction of sp³-hybridized carbons (Fsp3) is 0.409. The third-order valence-corrected chi connectivity index (χ3v) is 6.05. The van der Waals surface area contributed by atoms with Crippen LogP contribution in [-0.2, 0) is 20.4 Å². The average Bonchev–Trinajstić information content (AvgIpc) is 2.65. The van der Waals surface area contributed by atoms with Gasteiger partial charge in [-0.2, -0.15) is 0 Å². The molecule has 152 valence electrons. The molecule has 5 nitrogen and oxygen atoms in total. The van der Waals surface area contributed by atoms with Crippen LogP contribution in [0.1, 0.15) is 44.2 Å². The highest BCUT2D eigenvalue weighted by molar-refractivity contribution is 7.90. The van der Waals surface area contributed by atoms with Gasteiger partial charge in [-0.05, 0) is 42.5 Å². The Hall–Kier alpha value is -2.34. The Morgan fingerprint density at radius 3 is 2.43 bits per heavy atom. The maximum absolute atomic E-state index is 12.2. The monoisotopic (exact) mass is 403 g/mol. The van der Waals surface area contributed by atoms with Crippen LogP contribution in [0.3, 0.4) is 0 Å². The minimum atomic E-state index is -3.20. The fourth-order valence-corrected chi connectivity index (χ4v) is 4.18. The van der Waals surface area contributed by atoms with Crippen LogP contribution < -0.4 is 10.1 Å². The summed E-state index contributed by atoms with van der Waals surface area (Å²) in [7, 11) is -3.20. The lowest BCUT2D eigenvalue weighted by molar-refractivity contribution is -0.127. The van der Waals surface area contributed by atoms with Gasteiger partial charge in [0.25, 0.3) is 5.91 Å². The summed E-state index contributed by atoms with van der Waals surface area (Å²) >= 11 is 0. The molecule has 1 amide bonds. The predicted octanol–water partition coefficient (Wildman–Crippen LogP) is 3.70. The average molecular weight is 404 g/mol. The van der Waals surface area contributed by atoms with E-state index in [0.717, 1.165) is 11.1 Å². The highest BCUT2D eigenvalue weighted by Crippen LogP contribution is 2.21. The second-order valence-corrected chi connectivity index (χ2v) is 9.39. The number of sulfone groups is 1. The van der Waals surface area contributed by atoms with Crippen LogP contribution in [0.2, 0.25) is 0 Å². The number of amides is 1. The molecule has 2 aromatic rings. The minimum Gasteiger partial charge on any atom is -0.481 e. The van der Waals surface area contributed by atoms with Crippen LogP contribution in [0.4, 0.5) is 0 Å². The van der Waals surface area contributed by atoms with E-state index in [1.54, 1.807) is 19.1 Å². The van der Waals surface area contributed by atoms with Crippen molar-refractivity contribution in [3.8, 4) is 5.75 Å². The van der Waals surface area contributed by atoms with Gasteiger partial charge >= 0.3 is 0 Å². The second-order valence-electron chi connectivity index (χ2n) is 7.21. The molecule has 1 atom stereocenters. The number of rotatable bonds is 10. The van der Waals surface area contributed by atoms with Crippen molar-refractivity contribution in [2.24, 2.45) is 0 Å². The first kappa shape index (κ1) is 22.0. The lowest BCUT2D eigenvalue weighted by Gasteiger charge is -2.16. The number of nitrogens with one attached hydrogen (secondary N) is 1. The summed E-state index contributed by atoms with van der Waals surface area (Å²) in [5.74, 6) is 0.835. The summed E-state index contributed by atoms with van der Waals surface area (Å²) in [5, 5.41) is 2.75. The quantitative estimate of drug-likeness (QED) is 0.614. The molecule has 6 heteroatoms.